The molecular weight excluding hydrogens is 384 g/mol. The molecule has 3 heterocycles. The van der Waals surface area contributed by atoms with Crippen LogP contribution in [0, 0.1) is 0 Å². The molecule has 0 radical (unpaired) electrons. The van der Waals surface area contributed by atoms with E-state index in [1.165, 1.54) is 18.4 Å². The maximum Gasteiger partial charge on any atom is 0.375 e. The van der Waals surface area contributed by atoms with Gasteiger partial charge in [-0.05, 0) is 26.0 Å². The van der Waals surface area contributed by atoms with Crippen LogP contribution in [0.15, 0.2) is 22.8 Å². The van der Waals surface area contributed by atoms with Gasteiger partial charge in [-0.2, -0.15) is 0 Å². The maximum atomic E-state index is 12.4. The van der Waals surface area contributed by atoms with Crippen LogP contribution >= 0.6 is 0 Å². The van der Waals surface area contributed by atoms with Gasteiger partial charge >= 0.3 is 5.97 Å². The van der Waals surface area contributed by atoms with Crippen LogP contribution in [0.1, 0.15) is 24.4 Å². The van der Waals surface area contributed by atoms with Crippen molar-refractivity contribution in [1.29, 1.82) is 0 Å². The number of rotatable bonds is 6. The van der Waals surface area contributed by atoms with E-state index in [9.17, 15) is 24.0 Å². The lowest BCUT2D eigenvalue weighted by molar-refractivity contribution is -0.158. The molecule has 29 heavy (non-hydrogen) atoms. The second-order valence-corrected chi connectivity index (χ2v) is 7.02. The standard InChI is InChI=1S/C18H22N4O7/c1-11(20-6-14(23)19-15(24)7-20)12(2)21-8-16(25)22(17(26)9-21)10-29-18(27)13-4-3-5-28-13/h3-5,11-12H,6-10H2,1-2H3,(H,19,23,24). The lowest BCUT2D eigenvalue weighted by Crippen LogP contribution is -2.62. The molecule has 0 spiro atoms. The molecule has 2 aliphatic rings. The molecule has 0 bridgehead atoms. The van der Waals surface area contributed by atoms with Gasteiger partial charge < -0.3 is 9.15 Å². The molecule has 4 amide bonds. The van der Waals surface area contributed by atoms with Gasteiger partial charge in [0.2, 0.25) is 29.4 Å². The lowest BCUT2D eigenvalue weighted by Gasteiger charge is -2.41. The van der Waals surface area contributed by atoms with Crippen molar-refractivity contribution in [1.82, 2.24) is 20.0 Å². The van der Waals surface area contributed by atoms with Gasteiger partial charge in [-0.15, -0.1) is 0 Å². The fourth-order valence-corrected chi connectivity index (χ4v) is 3.29. The van der Waals surface area contributed by atoms with Gasteiger partial charge in [-0.25, -0.2) is 9.69 Å². The average Bonchev–Trinajstić information content (AvgIpc) is 3.20. The fourth-order valence-electron chi connectivity index (χ4n) is 3.29. The Morgan fingerprint density at radius 2 is 1.59 bits per heavy atom. The summed E-state index contributed by atoms with van der Waals surface area (Å²) in [4.78, 5) is 64.1. The number of ether oxygens (including phenoxy) is 1. The number of esters is 1. The molecule has 3 rings (SSSR count). The molecule has 2 saturated heterocycles. The Labute approximate surface area is 166 Å². The number of nitrogens with zero attached hydrogens (tertiary/aromatic N) is 3. The number of hydrogen-bond acceptors (Lipinski definition) is 9. The van der Waals surface area contributed by atoms with Crippen LogP contribution in [0.2, 0.25) is 0 Å². The Morgan fingerprint density at radius 3 is 2.10 bits per heavy atom. The van der Waals surface area contributed by atoms with E-state index in [1.54, 1.807) is 9.80 Å². The van der Waals surface area contributed by atoms with E-state index in [1.807, 2.05) is 13.8 Å². The van der Waals surface area contributed by atoms with Crippen molar-refractivity contribution in [2.24, 2.45) is 0 Å². The zero-order chi connectivity index (χ0) is 21.1. The molecule has 2 unspecified atom stereocenters. The minimum absolute atomic E-state index is 0.0221. The van der Waals surface area contributed by atoms with Crippen LogP contribution in [0.3, 0.4) is 0 Å². The second kappa shape index (κ2) is 8.53. The monoisotopic (exact) mass is 406 g/mol. The first-order valence-corrected chi connectivity index (χ1v) is 9.11. The van der Waals surface area contributed by atoms with Crippen LogP contribution < -0.4 is 5.32 Å². The molecule has 1 aromatic heterocycles. The Bertz CT molecular complexity index is 788. The average molecular weight is 406 g/mol. The molecule has 11 nitrogen and oxygen atoms in total. The minimum Gasteiger partial charge on any atom is -0.457 e. The summed E-state index contributed by atoms with van der Waals surface area (Å²) in [5.74, 6) is -2.55. The number of piperazine rings is 2. The third kappa shape index (κ3) is 4.69. The quantitative estimate of drug-likeness (QED) is 0.457. The highest BCUT2D eigenvalue weighted by Gasteiger charge is 2.38. The molecular formula is C18H22N4O7. The predicted molar refractivity (Wildman–Crippen MR) is 96.1 cm³/mol. The van der Waals surface area contributed by atoms with Gasteiger partial charge in [-0.3, -0.25) is 34.3 Å². The molecule has 2 aliphatic heterocycles. The van der Waals surface area contributed by atoms with Gasteiger partial charge in [0, 0.05) is 12.1 Å². The summed E-state index contributed by atoms with van der Waals surface area (Å²) < 4.78 is 9.88. The Morgan fingerprint density at radius 1 is 1.03 bits per heavy atom. The largest absolute Gasteiger partial charge is 0.457 e. The minimum atomic E-state index is -0.770. The first-order chi connectivity index (χ1) is 13.8. The number of furan rings is 1. The van der Waals surface area contributed by atoms with Crippen LogP contribution in [-0.2, 0) is 23.9 Å². The topological polar surface area (TPSA) is 129 Å². The molecule has 11 heteroatoms. The van der Waals surface area contributed by atoms with E-state index < -0.39 is 24.5 Å². The summed E-state index contributed by atoms with van der Waals surface area (Å²) in [6, 6.07) is 2.43. The van der Waals surface area contributed by atoms with Crippen LogP contribution in [-0.4, -0.2) is 89.3 Å². The Kier molecular flexibility index (Phi) is 6.09. The maximum absolute atomic E-state index is 12.4. The first-order valence-electron chi connectivity index (χ1n) is 9.11. The van der Waals surface area contributed by atoms with Crippen LogP contribution in [0.5, 0.6) is 0 Å². The van der Waals surface area contributed by atoms with E-state index in [0.717, 1.165) is 4.90 Å². The van der Waals surface area contributed by atoms with Crippen molar-refractivity contribution in [2.45, 2.75) is 25.9 Å². The third-order valence-corrected chi connectivity index (χ3v) is 5.15. The summed E-state index contributed by atoms with van der Waals surface area (Å²) in [7, 11) is 0. The van der Waals surface area contributed by atoms with Gasteiger partial charge in [-0.1, -0.05) is 0 Å². The van der Waals surface area contributed by atoms with Crippen LogP contribution in [0.4, 0.5) is 0 Å². The van der Waals surface area contributed by atoms with Crippen molar-refractivity contribution in [3.63, 3.8) is 0 Å². The molecule has 0 aromatic carbocycles. The highest BCUT2D eigenvalue weighted by molar-refractivity contribution is 6.00. The van der Waals surface area contributed by atoms with Crippen molar-refractivity contribution in [2.75, 3.05) is 32.9 Å². The Hall–Kier alpha value is -3.05. The van der Waals surface area contributed by atoms with E-state index in [-0.39, 0.29) is 55.8 Å². The zero-order valence-electron chi connectivity index (χ0n) is 16.1. The Balaban J connectivity index is 1.56. The highest BCUT2D eigenvalue weighted by atomic mass is 16.6. The summed E-state index contributed by atoms with van der Waals surface area (Å²) in [5, 5.41) is 2.24. The lowest BCUT2D eigenvalue weighted by atomic mass is 10.1. The molecule has 1 N–H and O–H groups in total. The third-order valence-electron chi connectivity index (χ3n) is 5.15. The van der Waals surface area contributed by atoms with Gasteiger partial charge in [0.15, 0.2) is 6.73 Å². The van der Waals surface area contributed by atoms with E-state index in [0.29, 0.717) is 0 Å². The normalized spacial score (nSPS) is 21.1. The van der Waals surface area contributed by atoms with Gasteiger partial charge in [0.25, 0.3) is 0 Å². The van der Waals surface area contributed by atoms with Crippen LogP contribution in [0.25, 0.3) is 0 Å². The second-order valence-electron chi connectivity index (χ2n) is 7.02. The van der Waals surface area contributed by atoms with Crippen molar-refractivity contribution < 1.29 is 33.1 Å². The summed E-state index contributed by atoms with van der Waals surface area (Å²) in [6.07, 6.45) is 1.31. The summed E-state index contributed by atoms with van der Waals surface area (Å²) in [6.45, 7) is 3.21. The number of nitrogens with one attached hydrogen (secondary N) is 1. The zero-order valence-corrected chi connectivity index (χ0v) is 16.1. The molecule has 156 valence electrons. The number of carbonyl (C=O) groups is 5. The molecule has 0 saturated carbocycles. The smallest absolute Gasteiger partial charge is 0.375 e. The van der Waals surface area contributed by atoms with Gasteiger partial charge in [0.1, 0.15) is 0 Å². The van der Waals surface area contributed by atoms with E-state index >= 15 is 0 Å². The summed E-state index contributed by atoms with van der Waals surface area (Å²) >= 11 is 0. The molecule has 2 fully saturated rings. The van der Waals surface area contributed by atoms with Gasteiger partial charge in [0.05, 0.1) is 32.4 Å². The molecule has 0 aliphatic carbocycles. The number of carbonyl (C=O) groups excluding carboxylic acids is 5. The van der Waals surface area contributed by atoms with Crippen molar-refractivity contribution in [3.8, 4) is 0 Å². The van der Waals surface area contributed by atoms with Crippen molar-refractivity contribution in [3.05, 3.63) is 24.2 Å². The summed E-state index contributed by atoms with van der Waals surface area (Å²) in [5.41, 5.74) is 0. The fraction of sp³-hybridized carbons (Fsp3) is 0.500. The van der Waals surface area contributed by atoms with E-state index in [4.69, 9.17) is 9.15 Å². The first kappa shape index (κ1) is 20.7. The van der Waals surface area contributed by atoms with E-state index in [2.05, 4.69) is 5.32 Å². The van der Waals surface area contributed by atoms with Crippen molar-refractivity contribution >= 4 is 29.6 Å². The highest BCUT2D eigenvalue weighted by Crippen LogP contribution is 2.16. The molecule has 1 aromatic rings. The number of hydrogen-bond donors (Lipinski definition) is 1. The number of amides is 4. The number of imide groups is 2. The predicted octanol–water partition coefficient (Wildman–Crippen LogP) is -1.20. The SMILES string of the molecule is CC(C(C)N1CC(=O)N(COC(=O)c2ccco2)C(=O)C1)N1CC(=O)NC(=O)C1. The molecule has 2 atom stereocenters.